The lowest BCUT2D eigenvalue weighted by Gasteiger charge is -2.24. The monoisotopic (exact) mass is 318 g/mol. The van der Waals surface area contributed by atoms with Crippen molar-refractivity contribution < 1.29 is 9.59 Å². The van der Waals surface area contributed by atoms with Crippen LogP contribution in [0.2, 0.25) is 0 Å². The van der Waals surface area contributed by atoms with E-state index in [0.717, 1.165) is 15.8 Å². The molecule has 22 heavy (non-hydrogen) atoms. The van der Waals surface area contributed by atoms with Crippen LogP contribution in [-0.4, -0.2) is 29.5 Å². The maximum Gasteiger partial charge on any atom is 0.321 e. The van der Waals surface area contributed by atoms with Crippen molar-refractivity contribution in [2.75, 3.05) is 11.9 Å². The van der Waals surface area contributed by atoms with Gasteiger partial charge in [-0.15, -0.1) is 0 Å². The third-order valence-electron chi connectivity index (χ3n) is 4.07. The number of rotatable bonds is 2. The summed E-state index contributed by atoms with van der Waals surface area (Å²) in [6, 6.07) is 5.36. The van der Waals surface area contributed by atoms with Crippen LogP contribution in [0.15, 0.2) is 18.2 Å². The van der Waals surface area contributed by atoms with Gasteiger partial charge in [0.1, 0.15) is 0 Å². The molecule has 3 rings (SSSR count). The van der Waals surface area contributed by atoms with E-state index in [2.05, 4.69) is 20.9 Å². The number of amides is 3. The molecule has 0 saturated carbocycles. The van der Waals surface area contributed by atoms with E-state index >= 15 is 0 Å². The number of fused-ring (bicyclic) bond motifs is 1. The van der Waals surface area contributed by atoms with Gasteiger partial charge in [0.2, 0.25) is 5.91 Å². The van der Waals surface area contributed by atoms with Gasteiger partial charge < -0.3 is 10.6 Å². The Morgan fingerprint density at radius 3 is 2.86 bits per heavy atom. The maximum absolute atomic E-state index is 12.1. The number of urea groups is 1. The predicted octanol–water partition coefficient (Wildman–Crippen LogP) is 2.25. The summed E-state index contributed by atoms with van der Waals surface area (Å²) in [5, 5.41) is 8.91. The second-order valence-electron chi connectivity index (χ2n) is 6.02. The van der Waals surface area contributed by atoms with Crippen LogP contribution < -0.4 is 16.0 Å². The fourth-order valence-corrected chi connectivity index (χ4v) is 3.44. The lowest BCUT2D eigenvalue weighted by Crippen LogP contribution is -2.46. The first-order valence-electron chi connectivity index (χ1n) is 7.10. The highest BCUT2D eigenvalue weighted by atomic mass is 32.1. The zero-order valence-corrected chi connectivity index (χ0v) is 13.5. The second kappa shape index (κ2) is 5.24. The summed E-state index contributed by atoms with van der Waals surface area (Å²) in [6.07, 6.45) is 0. The number of benzene rings is 1. The van der Waals surface area contributed by atoms with E-state index in [0.29, 0.717) is 11.7 Å². The number of carbonyl (C=O) groups excluding carboxylic acids is 2. The van der Waals surface area contributed by atoms with E-state index in [1.807, 2.05) is 39.0 Å². The van der Waals surface area contributed by atoms with Crippen molar-refractivity contribution in [3.8, 4) is 0 Å². The minimum atomic E-state index is -0.610. The SMILES string of the molecule is Cc1cccc2sc(NC(=O)NC3CNC(=O)C3(C)C)nc12. The summed E-state index contributed by atoms with van der Waals surface area (Å²) < 4.78 is 1.04. The molecule has 6 nitrogen and oxygen atoms in total. The van der Waals surface area contributed by atoms with Crippen LogP contribution in [0.1, 0.15) is 19.4 Å². The van der Waals surface area contributed by atoms with Crippen molar-refractivity contribution in [1.82, 2.24) is 15.6 Å². The molecule has 116 valence electrons. The van der Waals surface area contributed by atoms with Crippen LogP contribution in [0.25, 0.3) is 10.2 Å². The Morgan fingerprint density at radius 2 is 2.23 bits per heavy atom. The smallest absolute Gasteiger partial charge is 0.321 e. The maximum atomic E-state index is 12.1. The first-order chi connectivity index (χ1) is 10.4. The Morgan fingerprint density at radius 1 is 1.45 bits per heavy atom. The minimum Gasteiger partial charge on any atom is -0.353 e. The van der Waals surface area contributed by atoms with Gasteiger partial charge in [0.25, 0.3) is 0 Å². The highest BCUT2D eigenvalue weighted by molar-refractivity contribution is 7.22. The molecular weight excluding hydrogens is 300 g/mol. The number of nitrogens with zero attached hydrogens (tertiary/aromatic N) is 1. The van der Waals surface area contributed by atoms with E-state index in [1.54, 1.807) is 0 Å². The Labute approximate surface area is 132 Å². The fraction of sp³-hybridized carbons (Fsp3) is 0.400. The van der Waals surface area contributed by atoms with E-state index in [4.69, 9.17) is 0 Å². The molecule has 0 aliphatic carbocycles. The van der Waals surface area contributed by atoms with Crippen LogP contribution in [0, 0.1) is 12.3 Å². The number of carbonyl (C=O) groups is 2. The van der Waals surface area contributed by atoms with Crippen molar-refractivity contribution in [2.45, 2.75) is 26.8 Å². The van der Waals surface area contributed by atoms with Crippen molar-refractivity contribution in [3.05, 3.63) is 23.8 Å². The number of aryl methyl sites for hydroxylation is 1. The van der Waals surface area contributed by atoms with Gasteiger partial charge in [-0.2, -0.15) is 0 Å². The molecule has 0 radical (unpaired) electrons. The highest BCUT2D eigenvalue weighted by Gasteiger charge is 2.43. The molecule has 1 unspecified atom stereocenters. The van der Waals surface area contributed by atoms with Gasteiger partial charge in [-0.1, -0.05) is 23.5 Å². The van der Waals surface area contributed by atoms with Crippen LogP contribution in [-0.2, 0) is 4.79 Å². The second-order valence-corrected chi connectivity index (χ2v) is 7.05. The summed E-state index contributed by atoms with van der Waals surface area (Å²) in [4.78, 5) is 28.3. The molecule has 2 heterocycles. The number of thiazole rings is 1. The summed E-state index contributed by atoms with van der Waals surface area (Å²) in [6.45, 7) is 6.07. The Kier molecular flexibility index (Phi) is 3.52. The van der Waals surface area contributed by atoms with E-state index in [9.17, 15) is 9.59 Å². The predicted molar refractivity (Wildman–Crippen MR) is 87.1 cm³/mol. The van der Waals surface area contributed by atoms with Crippen molar-refractivity contribution >= 4 is 38.6 Å². The average molecular weight is 318 g/mol. The molecule has 1 aromatic carbocycles. The third-order valence-corrected chi connectivity index (χ3v) is 5.01. The molecule has 1 fully saturated rings. The molecule has 1 aliphatic rings. The van der Waals surface area contributed by atoms with Gasteiger partial charge in [0.05, 0.1) is 21.7 Å². The van der Waals surface area contributed by atoms with Crippen LogP contribution >= 0.6 is 11.3 Å². The fourth-order valence-electron chi connectivity index (χ4n) is 2.50. The van der Waals surface area contributed by atoms with Crippen molar-refractivity contribution in [1.29, 1.82) is 0 Å². The Bertz CT molecular complexity index is 753. The zero-order chi connectivity index (χ0) is 15.9. The normalized spacial score (nSPS) is 20.0. The molecule has 1 aliphatic heterocycles. The van der Waals surface area contributed by atoms with Crippen molar-refractivity contribution in [3.63, 3.8) is 0 Å². The quantitative estimate of drug-likeness (QED) is 0.794. The summed E-state index contributed by atoms with van der Waals surface area (Å²) in [5.74, 6) is -0.0478. The van der Waals surface area contributed by atoms with Gasteiger partial charge in [-0.3, -0.25) is 10.1 Å². The van der Waals surface area contributed by atoms with Gasteiger partial charge in [0.15, 0.2) is 5.13 Å². The lowest BCUT2D eigenvalue weighted by molar-refractivity contribution is -0.126. The third kappa shape index (κ3) is 2.52. The molecule has 0 bridgehead atoms. The summed E-state index contributed by atoms with van der Waals surface area (Å²) >= 11 is 1.43. The molecular formula is C15H18N4O2S. The molecule has 7 heteroatoms. The Balaban J connectivity index is 1.71. The summed E-state index contributed by atoms with van der Waals surface area (Å²) in [5.41, 5.74) is 1.37. The van der Waals surface area contributed by atoms with Gasteiger partial charge in [-0.05, 0) is 32.4 Å². The van der Waals surface area contributed by atoms with Crippen LogP contribution in [0.4, 0.5) is 9.93 Å². The number of aromatic nitrogens is 1. The van der Waals surface area contributed by atoms with Crippen LogP contribution in [0.3, 0.4) is 0 Å². The number of para-hydroxylation sites is 1. The number of nitrogens with one attached hydrogen (secondary N) is 3. The molecule has 2 aromatic rings. The lowest BCUT2D eigenvalue weighted by atomic mass is 9.87. The van der Waals surface area contributed by atoms with Gasteiger partial charge in [0, 0.05) is 6.54 Å². The first kappa shape index (κ1) is 14.8. The highest BCUT2D eigenvalue weighted by Crippen LogP contribution is 2.28. The molecule has 1 saturated heterocycles. The largest absolute Gasteiger partial charge is 0.353 e. The molecule has 3 N–H and O–H groups in total. The van der Waals surface area contributed by atoms with Crippen molar-refractivity contribution in [2.24, 2.45) is 5.41 Å². The number of anilines is 1. The Hall–Kier alpha value is -2.15. The molecule has 1 atom stereocenters. The van der Waals surface area contributed by atoms with E-state index in [1.165, 1.54) is 11.3 Å². The van der Waals surface area contributed by atoms with Gasteiger partial charge in [-0.25, -0.2) is 9.78 Å². The van der Waals surface area contributed by atoms with E-state index < -0.39 is 5.41 Å². The standard InChI is InChI=1S/C15H18N4O2S/c1-8-5-4-6-9-11(8)18-14(22-9)19-13(21)17-10-7-16-12(20)15(10,2)3/h4-6,10H,7H2,1-3H3,(H,16,20)(H2,17,18,19,21). The molecule has 1 aromatic heterocycles. The number of hydrogen-bond donors (Lipinski definition) is 3. The van der Waals surface area contributed by atoms with Crippen LogP contribution in [0.5, 0.6) is 0 Å². The van der Waals surface area contributed by atoms with E-state index in [-0.39, 0.29) is 18.0 Å². The zero-order valence-electron chi connectivity index (χ0n) is 12.7. The average Bonchev–Trinajstić information content (AvgIpc) is 2.96. The van der Waals surface area contributed by atoms with Gasteiger partial charge >= 0.3 is 6.03 Å². The minimum absolute atomic E-state index is 0.0478. The number of hydrogen-bond acceptors (Lipinski definition) is 4. The topological polar surface area (TPSA) is 83.1 Å². The molecule has 3 amide bonds. The summed E-state index contributed by atoms with van der Waals surface area (Å²) in [7, 11) is 0. The molecule has 0 spiro atoms. The first-order valence-corrected chi connectivity index (χ1v) is 7.91.